The Morgan fingerprint density at radius 2 is 1.68 bits per heavy atom. The molecule has 41 heavy (non-hydrogen) atoms. The Morgan fingerprint density at radius 1 is 0.927 bits per heavy atom. The fourth-order valence-electron chi connectivity index (χ4n) is 4.36. The molecule has 2 aromatic carbocycles. The Kier molecular flexibility index (Phi) is 10.8. The van der Waals surface area contributed by atoms with Crippen LogP contribution in [0, 0.1) is 0 Å². The second-order valence-electron chi connectivity index (χ2n) is 9.58. The van der Waals surface area contributed by atoms with Crippen molar-refractivity contribution < 1.29 is 14.3 Å². The van der Waals surface area contributed by atoms with Crippen molar-refractivity contribution in [2.75, 3.05) is 27.3 Å². The van der Waals surface area contributed by atoms with Crippen LogP contribution in [-0.2, 0) is 27.3 Å². The number of carbonyl (C=O) groups excluding carboxylic acids is 2. The fraction of sp³-hybridized carbons (Fsp3) is 0.212. The molecule has 4 rings (SSSR count). The van der Waals surface area contributed by atoms with Gasteiger partial charge in [0.2, 0.25) is 11.8 Å². The van der Waals surface area contributed by atoms with E-state index in [0.717, 1.165) is 27.9 Å². The molecule has 1 atom stereocenters. The largest absolute Gasteiger partial charge is 0.383 e. The highest BCUT2D eigenvalue weighted by Crippen LogP contribution is 2.21. The van der Waals surface area contributed by atoms with Gasteiger partial charge in [-0.25, -0.2) is 4.98 Å². The van der Waals surface area contributed by atoms with E-state index >= 15 is 0 Å². The van der Waals surface area contributed by atoms with Gasteiger partial charge in [-0.05, 0) is 41.0 Å². The molecule has 0 aliphatic carbocycles. The standard InChI is InChI=1S/C33H33ClN4O3/c1-37(20-21-41-2)33(40)30(22-25-8-4-3-5-9-25)38(32(39)18-14-26-13-17-31(34)36-23-26)24-27-11-15-28(16-12-27)29-10-6-7-19-35-29/h3-19,23,30H,20-22,24H2,1-2H3. The minimum atomic E-state index is -0.741. The number of aromatic nitrogens is 2. The molecule has 0 N–H and O–H groups in total. The summed E-state index contributed by atoms with van der Waals surface area (Å²) in [5.74, 6) is -0.450. The highest BCUT2D eigenvalue weighted by molar-refractivity contribution is 6.29. The Labute approximate surface area is 246 Å². The number of pyridine rings is 2. The molecule has 0 saturated heterocycles. The van der Waals surface area contributed by atoms with Crippen molar-refractivity contribution in [1.82, 2.24) is 19.8 Å². The van der Waals surface area contributed by atoms with Crippen LogP contribution in [0.1, 0.15) is 16.7 Å². The van der Waals surface area contributed by atoms with E-state index in [2.05, 4.69) is 9.97 Å². The third-order valence-corrected chi connectivity index (χ3v) is 6.88. The lowest BCUT2D eigenvalue weighted by Gasteiger charge is -2.33. The maximum Gasteiger partial charge on any atom is 0.247 e. The number of halogens is 1. The van der Waals surface area contributed by atoms with Gasteiger partial charge in [0, 0.05) is 57.7 Å². The number of methoxy groups -OCH3 is 1. The van der Waals surface area contributed by atoms with E-state index in [9.17, 15) is 9.59 Å². The van der Waals surface area contributed by atoms with Crippen LogP contribution in [0.5, 0.6) is 0 Å². The first kappa shape index (κ1) is 29.6. The third-order valence-electron chi connectivity index (χ3n) is 6.66. The molecular weight excluding hydrogens is 536 g/mol. The molecule has 4 aromatic rings. The number of carbonyl (C=O) groups is 2. The van der Waals surface area contributed by atoms with Gasteiger partial charge < -0.3 is 14.5 Å². The predicted molar refractivity (Wildman–Crippen MR) is 162 cm³/mol. The summed E-state index contributed by atoms with van der Waals surface area (Å²) in [6.07, 6.45) is 6.88. The number of benzene rings is 2. The Hall–Kier alpha value is -4.33. The highest BCUT2D eigenvalue weighted by Gasteiger charge is 2.31. The maximum absolute atomic E-state index is 13.9. The average Bonchev–Trinajstić information content (AvgIpc) is 3.02. The lowest BCUT2D eigenvalue weighted by atomic mass is 10.0. The first-order valence-corrected chi connectivity index (χ1v) is 13.7. The van der Waals surface area contributed by atoms with Crippen LogP contribution in [0.3, 0.4) is 0 Å². The van der Waals surface area contributed by atoms with Crippen molar-refractivity contribution in [3.63, 3.8) is 0 Å². The van der Waals surface area contributed by atoms with Crippen molar-refractivity contribution in [3.8, 4) is 11.3 Å². The number of hydrogen-bond acceptors (Lipinski definition) is 5. The number of rotatable bonds is 12. The summed E-state index contributed by atoms with van der Waals surface area (Å²) >= 11 is 5.92. The quantitative estimate of drug-likeness (QED) is 0.165. The molecule has 0 aliphatic rings. The van der Waals surface area contributed by atoms with Gasteiger partial charge in [-0.3, -0.25) is 14.6 Å². The molecule has 2 heterocycles. The van der Waals surface area contributed by atoms with Crippen molar-refractivity contribution in [2.24, 2.45) is 0 Å². The Morgan fingerprint density at radius 3 is 2.34 bits per heavy atom. The summed E-state index contributed by atoms with van der Waals surface area (Å²) in [5, 5.41) is 0.372. The van der Waals surface area contributed by atoms with Crippen molar-refractivity contribution in [2.45, 2.75) is 19.0 Å². The lowest BCUT2D eigenvalue weighted by Crippen LogP contribution is -2.51. The monoisotopic (exact) mass is 568 g/mol. The van der Waals surface area contributed by atoms with E-state index in [0.29, 0.717) is 24.7 Å². The summed E-state index contributed by atoms with van der Waals surface area (Å²) in [6, 6.07) is 26.1. The molecule has 210 valence electrons. The first-order chi connectivity index (χ1) is 19.9. The normalized spacial score (nSPS) is 11.8. The van der Waals surface area contributed by atoms with Gasteiger partial charge in [-0.1, -0.05) is 78.3 Å². The van der Waals surface area contributed by atoms with E-state index in [4.69, 9.17) is 16.3 Å². The molecule has 0 spiro atoms. The van der Waals surface area contributed by atoms with Crippen LogP contribution < -0.4 is 0 Å². The van der Waals surface area contributed by atoms with Gasteiger partial charge in [-0.2, -0.15) is 0 Å². The average molecular weight is 569 g/mol. The topological polar surface area (TPSA) is 75.6 Å². The second kappa shape index (κ2) is 14.9. The van der Waals surface area contributed by atoms with Gasteiger partial charge >= 0.3 is 0 Å². The minimum Gasteiger partial charge on any atom is -0.383 e. The second-order valence-corrected chi connectivity index (χ2v) is 9.97. The van der Waals surface area contributed by atoms with Crippen LogP contribution in [-0.4, -0.2) is 64.9 Å². The van der Waals surface area contributed by atoms with Crippen molar-refractivity contribution >= 4 is 29.5 Å². The molecule has 0 saturated carbocycles. The van der Waals surface area contributed by atoms with Gasteiger partial charge in [0.15, 0.2) is 0 Å². The zero-order valence-electron chi connectivity index (χ0n) is 23.2. The number of likely N-dealkylation sites (N-methyl/N-ethyl adjacent to an activating group) is 1. The zero-order chi connectivity index (χ0) is 29.0. The van der Waals surface area contributed by atoms with E-state index in [-0.39, 0.29) is 18.4 Å². The first-order valence-electron chi connectivity index (χ1n) is 13.3. The van der Waals surface area contributed by atoms with Crippen LogP contribution in [0.4, 0.5) is 0 Å². The maximum atomic E-state index is 13.9. The molecule has 2 aromatic heterocycles. The number of ether oxygens (including phenoxy) is 1. The summed E-state index contributed by atoms with van der Waals surface area (Å²) in [6.45, 7) is 1.05. The van der Waals surface area contributed by atoms with Gasteiger partial charge in [0.05, 0.1) is 12.3 Å². The summed E-state index contributed by atoms with van der Waals surface area (Å²) in [5.41, 5.74) is 4.41. The van der Waals surface area contributed by atoms with E-state index in [1.54, 1.807) is 54.6 Å². The van der Waals surface area contributed by atoms with Crippen LogP contribution in [0.15, 0.2) is 103 Å². The molecule has 0 bridgehead atoms. The molecular formula is C33H33ClN4O3. The summed E-state index contributed by atoms with van der Waals surface area (Å²) in [4.78, 5) is 39.5. The minimum absolute atomic E-state index is 0.161. The zero-order valence-corrected chi connectivity index (χ0v) is 23.9. The van der Waals surface area contributed by atoms with Crippen molar-refractivity contribution in [3.05, 3.63) is 125 Å². The van der Waals surface area contributed by atoms with E-state index in [1.807, 2.05) is 72.8 Å². The fourth-order valence-corrected chi connectivity index (χ4v) is 4.47. The van der Waals surface area contributed by atoms with Gasteiger partial charge in [-0.15, -0.1) is 0 Å². The number of hydrogen-bond donors (Lipinski definition) is 0. The molecule has 0 radical (unpaired) electrons. The molecule has 1 unspecified atom stereocenters. The predicted octanol–water partition coefficient (Wildman–Crippen LogP) is 5.56. The molecule has 0 aliphatic heterocycles. The lowest BCUT2D eigenvalue weighted by molar-refractivity contribution is -0.143. The van der Waals surface area contributed by atoms with Crippen LogP contribution >= 0.6 is 11.6 Å². The number of amides is 2. The van der Waals surface area contributed by atoms with Gasteiger partial charge in [0.25, 0.3) is 0 Å². The van der Waals surface area contributed by atoms with Gasteiger partial charge in [0.1, 0.15) is 11.2 Å². The van der Waals surface area contributed by atoms with E-state index < -0.39 is 6.04 Å². The molecule has 7 nitrogen and oxygen atoms in total. The highest BCUT2D eigenvalue weighted by atomic mass is 35.5. The van der Waals surface area contributed by atoms with E-state index in [1.165, 1.54) is 6.08 Å². The Balaban J connectivity index is 1.68. The molecule has 2 amide bonds. The third kappa shape index (κ3) is 8.58. The smallest absolute Gasteiger partial charge is 0.247 e. The SMILES string of the molecule is COCCN(C)C(=O)C(Cc1ccccc1)N(Cc1ccc(-c2ccccn2)cc1)C(=O)C=Cc1ccc(Cl)nc1. The molecule has 0 fully saturated rings. The van der Waals surface area contributed by atoms with Crippen LogP contribution in [0.25, 0.3) is 17.3 Å². The number of nitrogens with zero attached hydrogens (tertiary/aromatic N) is 4. The molecule has 8 heteroatoms. The van der Waals surface area contributed by atoms with Crippen molar-refractivity contribution in [1.29, 1.82) is 0 Å². The Bertz CT molecular complexity index is 1430. The van der Waals surface area contributed by atoms with Crippen LogP contribution in [0.2, 0.25) is 5.15 Å². The summed E-state index contributed by atoms with van der Waals surface area (Å²) < 4.78 is 5.20. The summed E-state index contributed by atoms with van der Waals surface area (Å²) in [7, 11) is 3.33.